The molecule has 2 saturated heterocycles. The third kappa shape index (κ3) is 5.13. The van der Waals surface area contributed by atoms with E-state index in [-0.39, 0.29) is 49.0 Å². The maximum Gasteiger partial charge on any atom is 0.229 e. The SMILES string of the molecule is O=C(Nc1ccc(CC(=O)N2CCC(O)CC2)cc1)C1CC(=O)N(c2ccc(F)cc2)C1. The molecule has 0 aromatic heterocycles. The van der Waals surface area contributed by atoms with Crippen LogP contribution in [-0.2, 0) is 20.8 Å². The number of likely N-dealkylation sites (tertiary alicyclic amines) is 1. The first kappa shape index (κ1) is 22.0. The van der Waals surface area contributed by atoms with Crippen LogP contribution in [0.2, 0.25) is 0 Å². The Labute approximate surface area is 185 Å². The van der Waals surface area contributed by atoms with Gasteiger partial charge in [0.05, 0.1) is 18.4 Å². The van der Waals surface area contributed by atoms with E-state index in [0.29, 0.717) is 37.3 Å². The molecule has 2 aliphatic heterocycles. The Bertz CT molecular complexity index is 985. The number of halogens is 1. The molecule has 0 spiro atoms. The molecule has 168 valence electrons. The minimum absolute atomic E-state index is 0.0269. The van der Waals surface area contributed by atoms with Crippen molar-refractivity contribution in [3.05, 3.63) is 59.9 Å². The number of hydrogen-bond acceptors (Lipinski definition) is 4. The van der Waals surface area contributed by atoms with Crippen LogP contribution in [0.4, 0.5) is 15.8 Å². The fraction of sp³-hybridized carbons (Fsp3) is 0.375. The predicted molar refractivity (Wildman–Crippen MR) is 117 cm³/mol. The van der Waals surface area contributed by atoms with Gasteiger partial charge in [0.1, 0.15) is 5.82 Å². The van der Waals surface area contributed by atoms with Gasteiger partial charge < -0.3 is 20.2 Å². The molecule has 8 heteroatoms. The van der Waals surface area contributed by atoms with Crippen molar-refractivity contribution in [2.24, 2.45) is 5.92 Å². The summed E-state index contributed by atoms with van der Waals surface area (Å²) < 4.78 is 13.1. The van der Waals surface area contributed by atoms with E-state index >= 15 is 0 Å². The van der Waals surface area contributed by atoms with Gasteiger partial charge in [-0.2, -0.15) is 0 Å². The molecule has 0 bridgehead atoms. The van der Waals surface area contributed by atoms with Gasteiger partial charge in [-0.05, 0) is 54.8 Å². The van der Waals surface area contributed by atoms with E-state index in [1.165, 1.54) is 29.2 Å². The summed E-state index contributed by atoms with van der Waals surface area (Å²) >= 11 is 0. The van der Waals surface area contributed by atoms with Crippen LogP contribution in [-0.4, -0.2) is 53.5 Å². The topological polar surface area (TPSA) is 90.0 Å². The molecule has 2 aliphatic rings. The Kier molecular flexibility index (Phi) is 6.50. The molecule has 2 fully saturated rings. The lowest BCUT2D eigenvalue weighted by atomic mass is 10.1. The van der Waals surface area contributed by atoms with Crippen molar-refractivity contribution in [1.29, 1.82) is 0 Å². The number of anilines is 2. The van der Waals surface area contributed by atoms with Crippen molar-refractivity contribution >= 4 is 29.1 Å². The number of carbonyl (C=O) groups is 3. The monoisotopic (exact) mass is 439 g/mol. The highest BCUT2D eigenvalue weighted by atomic mass is 19.1. The van der Waals surface area contributed by atoms with Crippen LogP contribution in [0, 0.1) is 11.7 Å². The van der Waals surface area contributed by atoms with Crippen molar-refractivity contribution < 1.29 is 23.9 Å². The summed E-state index contributed by atoms with van der Waals surface area (Å²) in [5.74, 6) is -1.27. The van der Waals surface area contributed by atoms with E-state index in [1.807, 2.05) is 0 Å². The second-order valence-electron chi connectivity index (χ2n) is 8.36. The van der Waals surface area contributed by atoms with Crippen LogP contribution in [0.1, 0.15) is 24.8 Å². The highest BCUT2D eigenvalue weighted by Gasteiger charge is 2.35. The summed E-state index contributed by atoms with van der Waals surface area (Å²) in [6.07, 6.45) is 1.27. The van der Waals surface area contributed by atoms with Gasteiger partial charge in [-0.1, -0.05) is 12.1 Å². The van der Waals surface area contributed by atoms with Gasteiger partial charge in [-0.15, -0.1) is 0 Å². The molecule has 4 rings (SSSR count). The van der Waals surface area contributed by atoms with E-state index in [1.54, 1.807) is 29.2 Å². The Morgan fingerprint density at radius 1 is 1.03 bits per heavy atom. The number of nitrogens with one attached hydrogen (secondary N) is 1. The normalized spacial score (nSPS) is 19.3. The number of piperidine rings is 1. The molecular formula is C24H26FN3O4. The first-order valence-corrected chi connectivity index (χ1v) is 10.8. The van der Waals surface area contributed by atoms with E-state index in [4.69, 9.17) is 0 Å². The van der Waals surface area contributed by atoms with Gasteiger partial charge in [-0.25, -0.2) is 4.39 Å². The van der Waals surface area contributed by atoms with Crippen molar-refractivity contribution in [2.45, 2.75) is 31.8 Å². The number of benzene rings is 2. The molecule has 2 aromatic carbocycles. The summed E-state index contributed by atoms with van der Waals surface area (Å²) in [4.78, 5) is 40.7. The first-order chi connectivity index (χ1) is 15.4. The zero-order valence-electron chi connectivity index (χ0n) is 17.7. The van der Waals surface area contributed by atoms with Gasteiger partial charge in [0, 0.05) is 37.4 Å². The van der Waals surface area contributed by atoms with Gasteiger partial charge >= 0.3 is 0 Å². The Balaban J connectivity index is 1.30. The fourth-order valence-corrected chi connectivity index (χ4v) is 4.11. The van der Waals surface area contributed by atoms with Crippen LogP contribution in [0.3, 0.4) is 0 Å². The van der Waals surface area contributed by atoms with Gasteiger partial charge in [0.15, 0.2) is 0 Å². The third-order valence-corrected chi connectivity index (χ3v) is 6.03. The maximum absolute atomic E-state index is 13.1. The van der Waals surface area contributed by atoms with Crippen molar-refractivity contribution in [3.8, 4) is 0 Å². The molecule has 0 aliphatic carbocycles. The molecular weight excluding hydrogens is 413 g/mol. The number of aliphatic hydroxyl groups excluding tert-OH is 1. The lowest BCUT2D eigenvalue weighted by Crippen LogP contribution is -2.40. The largest absolute Gasteiger partial charge is 0.393 e. The second kappa shape index (κ2) is 9.48. The molecule has 7 nitrogen and oxygen atoms in total. The van der Waals surface area contributed by atoms with Crippen molar-refractivity contribution in [2.75, 3.05) is 29.9 Å². The van der Waals surface area contributed by atoms with E-state index < -0.39 is 5.92 Å². The average Bonchev–Trinajstić information content (AvgIpc) is 3.18. The van der Waals surface area contributed by atoms with E-state index in [9.17, 15) is 23.9 Å². The number of nitrogens with zero attached hydrogens (tertiary/aromatic N) is 2. The Hall–Kier alpha value is -3.26. The number of amides is 3. The summed E-state index contributed by atoms with van der Waals surface area (Å²) in [6, 6.07) is 12.7. The van der Waals surface area contributed by atoms with Crippen LogP contribution < -0.4 is 10.2 Å². The van der Waals surface area contributed by atoms with Gasteiger partial charge in [0.2, 0.25) is 17.7 Å². The Morgan fingerprint density at radius 2 is 1.69 bits per heavy atom. The van der Waals surface area contributed by atoms with Gasteiger partial charge in [0.25, 0.3) is 0 Å². The summed E-state index contributed by atoms with van der Waals surface area (Å²) in [5.41, 5.74) is 2.02. The van der Waals surface area contributed by atoms with Crippen LogP contribution in [0.15, 0.2) is 48.5 Å². The quantitative estimate of drug-likeness (QED) is 0.749. The minimum atomic E-state index is -0.497. The summed E-state index contributed by atoms with van der Waals surface area (Å²) in [7, 11) is 0. The molecule has 2 heterocycles. The average molecular weight is 439 g/mol. The number of rotatable bonds is 5. The molecule has 3 amide bonds. The number of carbonyl (C=O) groups excluding carboxylic acids is 3. The van der Waals surface area contributed by atoms with E-state index in [0.717, 1.165) is 5.56 Å². The third-order valence-electron chi connectivity index (χ3n) is 6.03. The molecule has 32 heavy (non-hydrogen) atoms. The first-order valence-electron chi connectivity index (χ1n) is 10.8. The molecule has 1 unspecified atom stereocenters. The van der Waals surface area contributed by atoms with Crippen molar-refractivity contribution in [1.82, 2.24) is 4.90 Å². The molecule has 0 radical (unpaired) electrons. The zero-order valence-corrected chi connectivity index (χ0v) is 17.7. The van der Waals surface area contributed by atoms with Crippen LogP contribution in [0.25, 0.3) is 0 Å². The highest BCUT2D eigenvalue weighted by Crippen LogP contribution is 2.26. The number of hydrogen-bond donors (Lipinski definition) is 2. The molecule has 2 aromatic rings. The van der Waals surface area contributed by atoms with Gasteiger partial charge in [-0.3, -0.25) is 14.4 Å². The standard InChI is InChI=1S/C24H26FN3O4/c25-18-3-7-20(8-4-18)28-15-17(14-23(28)31)24(32)26-19-5-1-16(2-6-19)13-22(30)27-11-9-21(29)10-12-27/h1-8,17,21,29H,9-15H2,(H,26,32). The highest BCUT2D eigenvalue weighted by molar-refractivity contribution is 6.03. The van der Waals surface area contributed by atoms with E-state index in [2.05, 4.69) is 5.32 Å². The Morgan fingerprint density at radius 3 is 2.34 bits per heavy atom. The lowest BCUT2D eigenvalue weighted by Gasteiger charge is -2.29. The summed E-state index contributed by atoms with van der Waals surface area (Å²) in [5, 5.41) is 12.4. The molecule has 2 N–H and O–H groups in total. The summed E-state index contributed by atoms with van der Waals surface area (Å²) in [6.45, 7) is 1.39. The number of aliphatic hydroxyl groups is 1. The predicted octanol–water partition coefficient (Wildman–Crippen LogP) is 2.34. The van der Waals surface area contributed by atoms with Crippen molar-refractivity contribution in [3.63, 3.8) is 0 Å². The lowest BCUT2D eigenvalue weighted by molar-refractivity contribution is -0.132. The fourth-order valence-electron chi connectivity index (χ4n) is 4.11. The second-order valence-corrected chi connectivity index (χ2v) is 8.36. The molecule has 0 saturated carbocycles. The minimum Gasteiger partial charge on any atom is -0.393 e. The van der Waals surface area contributed by atoms with Crippen LogP contribution in [0.5, 0.6) is 0 Å². The smallest absolute Gasteiger partial charge is 0.229 e. The maximum atomic E-state index is 13.1. The van der Waals surface area contributed by atoms with Crippen LogP contribution >= 0.6 is 0 Å². The molecule has 1 atom stereocenters. The zero-order chi connectivity index (χ0) is 22.7.